The van der Waals surface area contributed by atoms with Crippen LogP contribution in [0.15, 0.2) is 28.8 Å². The van der Waals surface area contributed by atoms with Gasteiger partial charge in [0.15, 0.2) is 0 Å². The van der Waals surface area contributed by atoms with Crippen LogP contribution in [0.3, 0.4) is 0 Å². The number of nitrogen functional groups attached to an aromatic ring is 1. The van der Waals surface area contributed by atoms with Crippen molar-refractivity contribution in [1.29, 1.82) is 0 Å². The molecule has 0 aliphatic heterocycles. The van der Waals surface area contributed by atoms with Crippen molar-refractivity contribution in [1.82, 2.24) is 5.16 Å². The number of rotatable bonds is 1. The minimum atomic E-state index is -0.696. The largest absolute Gasteiger partial charge is 0.368 e. The summed E-state index contributed by atoms with van der Waals surface area (Å²) in [6, 6.07) is 4.57. The van der Waals surface area contributed by atoms with Gasteiger partial charge in [-0.2, -0.15) is 0 Å². The molecule has 0 aliphatic rings. The molecule has 3 nitrogen and oxygen atoms in total. The van der Waals surface area contributed by atoms with E-state index in [1.807, 2.05) is 0 Å². The summed E-state index contributed by atoms with van der Waals surface area (Å²) in [7, 11) is 0. The van der Waals surface area contributed by atoms with Crippen LogP contribution in [-0.4, -0.2) is 5.16 Å². The van der Waals surface area contributed by atoms with Gasteiger partial charge in [0.05, 0.1) is 0 Å². The van der Waals surface area contributed by atoms with Crippen LogP contribution >= 0.6 is 0 Å². The average Bonchev–Trinajstić information content (AvgIpc) is 2.51. The molecule has 0 atom stereocenters. The third-order valence-electron chi connectivity index (χ3n) is 1.74. The SMILES string of the molecule is Nc1cc(-c2ccc(F)cc2F)no1. The maximum atomic E-state index is 13.2. The second-order valence-corrected chi connectivity index (χ2v) is 2.74. The van der Waals surface area contributed by atoms with Crippen molar-refractivity contribution in [2.45, 2.75) is 0 Å². The van der Waals surface area contributed by atoms with Crippen molar-refractivity contribution >= 4 is 5.88 Å². The van der Waals surface area contributed by atoms with Gasteiger partial charge in [-0.05, 0) is 12.1 Å². The number of nitrogens with two attached hydrogens (primary N) is 1. The molecule has 14 heavy (non-hydrogen) atoms. The Morgan fingerprint density at radius 1 is 1.21 bits per heavy atom. The topological polar surface area (TPSA) is 52.0 Å². The van der Waals surface area contributed by atoms with Gasteiger partial charge in [0.25, 0.3) is 0 Å². The Morgan fingerprint density at radius 3 is 2.57 bits per heavy atom. The number of benzene rings is 1. The molecule has 2 N–H and O–H groups in total. The van der Waals surface area contributed by atoms with E-state index in [4.69, 9.17) is 5.73 Å². The van der Waals surface area contributed by atoms with E-state index in [-0.39, 0.29) is 17.1 Å². The Morgan fingerprint density at radius 2 is 2.00 bits per heavy atom. The highest BCUT2D eigenvalue weighted by Gasteiger charge is 2.10. The van der Waals surface area contributed by atoms with E-state index in [9.17, 15) is 8.78 Å². The number of hydrogen-bond donors (Lipinski definition) is 1. The standard InChI is InChI=1S/C9H6F2N2O/c10-5-1-2-6(7(11)3-5)8-4-9(12)14-13-8/h1-4H,12H2. The van der Waals surface area contributed by atoms with Gasteiger partial charge in [0, 0.05) is 17.7 Å². The highest BCUT2D eigenvalue weighted by molar-refractivity contribution is 5.61. The summed E-state index contributed by atoms with van der Waals surface area (Å²) in [5.41, 5.74) is 5.68. The maximum absolute atomic E-state index is 13.2. The summed E-state index contributed by atoms with van der Waals surface area (Å²) in [4.78, 5) is 0. The van der Waals surface area contributed by atoms with Crippen LogP contribution < -0.4 is 5.73 Å². The fourth-order valence-corrected chi connectivity index (χ4v) is 1.11. The molecule has 2 rings (SSSR count). The summed E-state index contributed by atoms with van der Waals surface area (Å²) >= 11 is 0. The molecule has 1 aromatic carbocycles. The summed E-state index contributed by atoms with van der Waals surface area (Å²) in [5, 5.41) is 3.51. The summed E-state index contributed by atoms with van der Waals surface area (Å²) in [6.45, 7) is 0. The second-order valence-electron chi connectivity index (χ2n) is 2.74. The van der Waals surface area contributed by atoms with Crippen molar-refractivity contribution in [3.8, 4) is 11.3 Å². The first-order valence-electron chi connectivity index (χ1n) is 3.84. The van der Waals surface area contributed by atoms with E-state index < -0.39 is 11.6 Å². The number of hydrogen-bond acceptors (Lipinski definition) is 3. The van der Waals surface area contributed by atoms with E-state index in [0.717, 1.165) is 12.1 Å². The lowest BCUT2D eigenvalue weighted by Crippen LogP contribution is -1.85. The molecule has 0 spiro atoms. The minimum Gasteiger partial charge on any atom is -0.368 e. The van der Waals surface area contributed by atoms with Gasteiger partial charge in [-0.25, -0.2) is 8.78 Å². The lowest BCUT2D eigenvalue weighted by atomic mass is 10.1. The first-order valence-corrected chi connectivity index (χ1v) is 3.84. The third-order valence-corrected chi connectivity index (χ3v) is 1.74. The molecule has 0 fully saturated rings. The Labute approximate surface area is 78.1 Å². The first kappa shape index (κ1) is 8.68. The molecule has 0 saturated carbocycles. The van der Waals surface area contributed by atoms with E-state index >= 15 is 0 Å². The van der Waals surface area contributed by atoms with Gasteiger partial charge >= 0.3 is 0 Å². The van der Waals surface area contributed by atoms with Gasteiger partial charge in [0.1, 0.15) is 17.3 Å². The Bertz CT molecular complexity index is 468. The van der Waals surface area contributed by atoms with E-state index in [1.54, 1.807) is 0 Å². The van der Waals surface area contributed by atoms with Gasteiger partial charge in [-0.15, -0.1) is 0 Å². The zero-order chi connectivity index (χ0) is 10.1. The molecule has 0 unspecified atom stereocenters. The number of halogens is 2. The summed E-state index contributed by atoms with van der Waals surface area (Å²) in [5.74, 6) is -1.25. The molecular formula is C9H6F2N2O. The highest BCUT2D eigenvalue weighted by atomic mass is 19.1. The fraction of sp³-hybridized carbons (Fsp3) is 0. The van der Waals surface area contributed by atoms with Crippen LogP contribution in [0.25, 0.3) is 11.3 Å². The van der Waals surface area contributed by atoms with E-state index in [1.165, 1.54) is 12.1 Å². The molecule has 2 aromatic rings. The molecule has 1 aromatic heterocycles. The Hall–Kier alpha value is -1.91. The minimum absolute atomic E-state index is 0.0868. The summed E-state index contributed by atoms with van der Waals surface area (Å²) in [6.07, 6.45) is 0. The molecule has 0 bridgehead atoms. The third kappa shape index (κ3) is 1.44. The van der Waals surface area contributed by atoms with Crippen molar-refractivity contribution < 1.29 is 13.3 Å². The van der Waals surface area contributed by atoms with E-state index in [2.05, 4.69) is 9.68 Å². The van der Waals surface area contributed by atoms with Crippen molar-refractivity contribution in [3.05, 3.63) is 35.9 Å². The van der Waals surface area contributed by atoms with Crippen LogP contribution in [0.1, 0.15) is 0 Å². The molecule has 0 saturated heterocycles. The zero-order valence-corrected chi connectivity index (χ0v) is 7.00. The first-order chi connectivity index (χ1) is 6.66. The van der Waals surface area contributed by atoms with Gasteiger partial charge in [-0.1, -0.05) is 5.16 Å². The Kier molecular flexibility index (Phi) is 1.92. The molecular weight excluding hydrogens is 190 g/mol. The second kappa shape index (κ2) is 3.10. The predicted molar refractivity (Wildman–Crippen MR) is 46.3 cm³/mol. The normalized spacial score (nSPS) is 10.4. The van der Waals surface area contributed by atoms with Crippen molar-refractivity contribution in [3.63, 3.8) is 0 Å². The van der Waals surface area contributed by atoms with Crippen molar-refractivity contribution in [2.24, 2.45) is 0 Å². The molecule has 1 heterocycles. The van der Waals surface area contributed by atoms with Crippen LogP contribution in [-0.2, 0) is 0 Å². The summed E-state index contributed by atoms with van der Waals surface area (Å²) < 4.78 is 30.3. The van der Waals surface area contributed by atoms with E-state index in [0.29, 0.717) is 0 Å². The highest BCUT2D eigenvalue weighted by Crippen LogP contribution is 2.23. The molecule has 0 aliphatic carbocycles. The zero-order valence-electron chi connectivity index (χ0n) is 7.00. The van der Waals surface area contributed by atoms with Crippen LogP contribution in [0.2, 0.25) is 0 Å². The monoisotopic (exact) mass is 196 g/mol. The van der Waals surface area contributed by atoms with Gasteiger partial charge in [-0.3, -0.25) is 0 Å². The van der Waals surface area contributed by atoms with Crippen LogP contribution in [0.4, 0.5) is 14.7 Å². The predicted octanol–water partition coefficient (Wildman–Crippen LogP) is 2.20. The van der Waals surface area contributed by atoms with Crippen molar-refractivity contribution in [2.75, 3.05) is 5.73 Å². The molecule has 0 amide bonds. The quantitative estimate of drug-likeness (QED) is 0.760. The van der Waals surface area contributed by atoms with Gasteiger partial charge < -0.3 is 10.3 Å². The molecule has 5 heteroatoms. The van der Waals surface area contributed by atoms with Crippen LogP contribution in [0, 0.1) is 11.6 Å². The molecule has 72 valence electrons. The smallest absolute Gasteiger partial charge is 0.222 e. The number of aromatic nitrogens is 1. The fourth-order valence-electron chi connectivity index (χ4n) is 1.11. The Balaban J connectivity index is 2.52. The van der Waals surface area contributed by atoms with Crippen LogP contribution in [0.5, 0.6) is 0 Å². The number of anilines is 1. The average molecular weight is 196 g/mol. The maximum Gasteiger partial charge on any atom is 0.222 e. The lowest BCUT2D eigenvalue weighted by Gasteiger charge is -1.97. The lowest BCUT2D eigenvalue weighted by molar-refractivity contribution is 0.438. The van der Waals surface area contributed by atoms with Gasteiger partial charge in [0.2, 0.25) is 5.88 Å². The molecule has 0 radical (unpaired) electrons. The number of nitrogens with zero attached hydrogens (tertiary/aromatic N) is 1.